The second kappa shape index (κ2) is 5.50. The lowest BCUT2D eigenvalue weighted by Crippen LogP contribution is -2.20. The quantitative estimate of drug-likeness (QED) is 0.885. The van der Waals surface area contributed by atoms with Gasteiger partial charge in [-0.1, -0.05) is 11.3 Å². The van der Waals surface area contributed by atoms with E-state index in [1.807, 2.05) is 13.8 Å². The molecule has 2 aromatic rings. The number of anilines is 1. The largest absolute Gasteiger partial charge is 0.453 e. The van der Waals surface area contributed by atoms with Crippen molar-refractivity contribution < 1.29 is 9.53 Å². The van der Waals surface area contributed by atoms with E-state index in [1.54, 1.807) is 12.3 Å². The van der Waals surface area contributed by atoms with Crippen LogP contribution in [0.25, 0.3) is 0 Å². The van der Waals surface area contributed by atoms with Crippen molar-refractivity contribution in [1.29, 1.82) is 0 Å². The molecule has 7 nitrogen and oxygen atoms in total. The van der Waals surface area contributed by atoms with Crippen LogP contribution in [0.4, 0.5) is 5.13 Å². The molecule has 1 N–H and O–H groups in total. The number of hydrogen-bond acceptors (Lipinski definition) is 7. The Morgan fingerprint density at radius 2 is 2.28 bits per heavy atom. The molecule has 1 amide bonds. The fraction of sp³-hybridized carbons (Fsp3) is 0.300. The highest BCUT2D eigenvalue weighted by atomic mass is 32.1. The van der Waals surface area contributed by atoms with E-state index in [9.17, 15) is 4.79 Å². The van der Waals surface area contributed by atoms with Gasteiger partial charge in [0.05, 0.1) is 0 Å². The Balaban J connectivity index is 1.85. The fourth-order valence-electron chi connectivity index (χ4n) is 1.13. The summed E-state index contributed by atoms with van der Waals surface area (Å²) in [5.41, 5.74) is 0.778. The first-order valence-corrected chi connectivity index (χ1v) is 5.97. The first-order chi connectivity index (χ1) is 8.63. The van der Waals surface area contributed by atoms with Crippen molar-refractivity contribution in [3.05, 3.63) is 23.0 Å². The van der Waals surface area contributed by atoms with Crippen LogP contribution in [0.15, 0.2) is 12.3 Å². The normalized spacial score (nSPS) is 10.1. The molecule has 2 heterocycles. The molecule has 94 valence electrons. The smallest absolute Gasteiger partial charge is 0.317 e. The van der Waals surface area contributed by atoms with Crippen molar-refractivity contribution >= 4 is 22.4 Å². The Hall–Kier alpha value is -2.09. The lowest BCUT2D eigenvalue weighted by atomic mass is 10.5. The van der Waals surface area contributed by atoms with Gasteiger partial charge in [0.25, 0.3) is 5.91 Å². The number of aryl methyl sites for hydroxylation is 2. The van der Waals surface area contributed by atoms with Gasteiger partial charge in [-0.15, -0.1) is 10.2 Å². The van der Waals surface area contributed by atoms with Gasteiger partial charge in [0.1, 0.15) is 5.01 Å². The van der Waals surface area contributed by atoms with Gasteiger partial charge in [0.2, 0.25) is 5.13 Å². The van der Waals surface area contributed by atoms with Crippen LogP contribution < -0.4 is 10.1 Å². The fourth-order valence-corrected chi connectivity index (χ4v) is 1.74. The molecule has 0 bridgehead atoms. The first-order valence-electron chi connectivity index (χ1n) is 5.16. The van der Waals surface area contributed by atoms with Crippen LogP contribution in [-0.4, -0.2) is 32.7 Å². The molecule has 18 heavy (non-hydrogen) atoms. The molecule has 0 atom stereocenters. The standard InChI is InChI=1S/C10H11N5O2S/c1-6-3-4-11-9(12-6)17-5-8(16)13-10-15-14-7(2)18-10/h3-4H,5H2,1-2H3,(H,13,15,16). The highest BCUT2D eigenvalue weighted by molar-refractivity contribution is 7.15. The molecule has 2 aromatic heterocycles. The lowest BCUT2D eigenvalue weighted by molar-refractivity contribution is -0.118. The molecule has 0 aliphatic heterocycles. The molecule has 0 radical (unpaired) electrons. The molecule has 0 spiro atoms. The highest BCUT2D eigenvalue weighted by Gasteiger charge is 2.08. The van der Waals surface area contributed by atoms with Crippen molar-refractivity contribution in [2.45, 2.75) is 13.8 Å². The Morgan fingerprint density at radius 3 is 2.94 bits per heavy atom. The third-order valence-corrected chi connectivity index (χ3v) is 2.63. The zero-order valence-electron chi connectivity index (χ0n) is 9.88. The van der Waals surface area contributed by atoms with Gasteiger partial charge >= 0.3 is 6.01 Å². The van der Waals surface area contributed by atoms with Crippen LogP contribution >= 0.6 is 11.3 Å². The van der Waals surface area contributed by atoms with Crippen molar-refractivity contribution in [1.82, 2.24) is 20.2 Å². The van der Waals surface area contributed by atoms with E-state index in [1.165, 1.54) is 11.3 Å². The third-order valence-electron chi connectivity index (χ3n) is 1.88. The predicted molar refractivity (Wildman–Crippen MR) is 65.5 cm³/mol. The van der Waals surface area contributed by atoms with Crippen LogP contribution in [-0.2, 0) is 4.79 Å². The van der Waals surface area contributed by atoms with E-state index in [0.29, 0.717) is 5.13 Å². The number of nitrogens with one attached hydrogen (secondary N) is 1. The molecule has 0 aliphatic rings. The molecule has 2 rings (SSSR count). The Morgan fingerprint density at radius 1 is 1.44 bits per heavy atom. The zero-order valence-corrected chi connectivity index (χ0v) is 10.7. The molecule has 0 aliphatic carbocycles. The van der Waals surface area contributed by atoms with Crippen LogP contribution in [0.1, 0.15) is 10.7 Å². The van der Waals surface area contributed by atoms with E-state index in [4.69, 9.17) is 4.74 Å². The minimum atomic E-state index is -0.323. The summed E-state index contributed by atoms with van der Waals surface area (Å²) in [6.45, 7) is 3.46. The van der Waals surface area contributed by atoms with Gasteiger partial charge in [0.15, 0.2) is 6.61 Å². The summed E-state index contributed by atoms with van der Waals surface area (Å²) < 4.78 is 5.15. The summed E-state index contributed by atoms with van der Waals surface area (Å²) in [6.07, 6.45) is 1.57. The maximum atomic E-state index is 11.5. The van der Waals surface area contributed by atoms with Crippen LogP contribution in [0.5, 0.6) is 6.01 Å². The van der Waals surface area contributed by atoms with Crippen molar-refractivity contribution in [3.63, 3.8) is 0 Å². The summed E-state index contributed by atoms with van der Waals surface area (Å²) in [6, 6.07) is 1.93. The first kappa shape index (κ1) is 12.4. The van der Waals surface area contributed by atoms with Crippen LogP contribution in [0, 0.1) is 13.8 Å². The molecule has 0 aromatic carbocycles. The van der Waals surface area contributed by atoms with Crippen molar-refractivity contribution in [2.75, 3.05) is 11.9 Å². The third kappa shape index (κ3) is 3.45. The number of carbonyl (C=O) groups excluding carboxylic acids is 1. The highest BCUT2D eigenvalue weighted by Crippen LogP contribution is 2.13. The maximum absolute atomic E-state index is 11.5. The van der Waals surface area contributed by atoms with Crippen LogP contribution in [0.2, 0.25) is 0 Å². The van der Waals surface area contributed by atoms with Gasteiger partial charge in [0, 0.05) is 11.9 Å². The molecule has 8 heteroatoms. The van der Waals surface area contributed by atoms with E-state index < -0.39 is 0 Å². The number of hydrogen-bond donors (Lipinski definition) is 1. The molecular formula is C10H11N5O2S. The Labute approximate surface area is 107 Å². The van der Waals surface area contributed by atoms with Gasteiger partial charge < -0.3 is 4.74 Å². The molecule has 0 saturated heterocycles. The van der Waals surface area contributed by atoms with E-state index in [-0.39, 0.29) is 18.5 Å². The second-order valence-corrected chi connectivity index (χ2v) is 4.63. The number of rotatable bonds is 4. The summed E-state index contributed by atoms with van der Waals surface area (Å²) in [4.78, 5) is 19.4. The van der Waals surface area contributed by atoms with Gasteiger partial charge in [-0.05, 0) is 19.9 Å². The molecule has 0 fully saturated rings. The average molecular weight is 265 g/mol. The predicted octanol–water partition coefficient (Wildman–Crippen LogP) is 0.962. The maximum Gasteiger partial charge on any atom is 0.317 e. The minimum absolute atomic E-state index is 0.165. The second-order valence-electron chi connectivity index (χ2n) is 3.44. The summed E-state index contributed by atoms with van der Waals surface area (Å²) in [7, 11) is 0. The molecule has 0 saturated carbocycles. The summed E-state index contributed by atoms with van der Waals surface area (Å²) >= 11 is 1.30. The van der Waals surface area contributed by atoms with Gasteiger partial charge in [-0.25, -0.2) is 9.97 Å². The Bertz CT molecular complexity index is 557. The van der Waals surface area contributed by atoms with Crippen molar-refractivity contribution in [2.24, 2.45) is 0 Å². The summed E-state index contributed by atoms with van der Waals surface area (Å²) in [5, 5.41) is 11.4. The van der Waals surface area contributed by atoms with Gasteiger partial charge in [-0.3, -0.25) is 10.1 Å². The molecular weight excluding hydrogens is 254 g/mol. The van der Waals surface area contributed by atoms with Crippen LogP contribution in [0.3, 0.4) is 0 Å². The van der Waals surface area contributed by atoms with E-state index >= 15 is 0 Å². The van der Waals surface area contributed by atoms with E-state index in [2.05, 4.69) is 25.5 Å². The monoisotopic (exact) mass is 265 g/mol. The number of ether oxygens (including phenoxy) is 1. The average Bonchev–Trinajstić information content (AvgIpc) is 2.72. The van der Waals surface area contributed by atoms with E-state index in [0.717, 1.165) is 10.7 Å². The molecule has 0 unspecified atom stereocenters. The number of carbonyl (C=O) groups is 1. The number of nitrogens with zero attached hydrogens (tertiary/aromatic N) is 4. The minimum Gasteiger partial charge on any atom is -0.453 e. The van der Waals surface area contributed by atoms with Gasteiger partial charge in [-0.2, -0.15) is 0 Å². The number of aromatic nitrogens is 4. The van der Waals surface area contributed by atoms with Crippen molar-refractivity contribution in [3.8, 4) is 6.01 Å². The Kier molecular flexibility index (Phi) is 3.78. The number of amides is 1. The lowest BCUT2D eigenvalue weighted by Gasteiger charge is -2.03. The topological polar surface area (TPSA) is 89.9 Å². The SMILES string of the molecule is Cc1ccnc(OCC(=O)Nc2nnc(C)s2)n1. The summed E-state index contributed by atoms with van der Waals surface area (Å²) in [5.74, 6) is -0.323. The zero-order chi connectivity index (χ0) is 13.0.